The SMILES string of the molecule is CC(=N)O[C@H]1SC[C@@H](OC(C)=O)[C@H](OC(C)=O)[C@H]1OC(C)=O. The van der Waals surface area contributed by atoms with Crippen LogP contribution in [0.2, 0.25) is 0 Å². The lowest BCUT2D eigenvalue weighted by Gasteiger charge is -2.39. The molecule has 0 saturated carbocycles. The number of hydrogen-bond acceptors (Lipinski definition) is 9. The Balaban J connectivity index is 3.03. The van der Waals surface area contributed by atoms with E-state index in [4.69, 9.17) is 24.4 Å². The summed E-state index contributed by atoms with van der Waals surface area (Å²) < 4.78 is 20.8. The van der Waals surface area contributed by atoms with Crippen molar-refractivity contribution in [3.05, 3.63) is 0 Å². The molecule has 8 nitrogen and oxygen atoms in total. The van der Waals surface area contributed by atoms with E-state index in [0.29, 0.717) is 0 Å². The molecule has 1 fully saturated rings. The minimum Gasteiger partial charge on any atom is -0.463 e. The number of rotatable bonds is 4. The Labute approximate surface area is 132 Å². The van der Waals surface area contributed by atoms with Crippen LogP contribution in [0.1, 0.15) is 27.7 Å². The van der Waals surface area contributed by atoms with Crippen LogP contribution >= 0.6 is 11.8 Å². The Morgan fingerprint density at radius 1 is 0.864 bits per heavy atom. The number of hydrogen-bond donors (Lipinski definition) is 1. The molecule has 124 valence electrons. The van der Waals surface area contributed by atoms with Crippen molar-refractivity contribution in [1.29, 1.82) is 5.41 Å². The largest absolute Gasteiger partial charge is 0.463 e. The first-order valence-electron chi connectivity index (χ1n) is 6.55. The van der Waals surface area contributed by atoms with Gasteiger partial charge in [-0.05, 0) is 0 Å². The van der Waals surface area contributed by atoms with Gasteiger partial charge in [0.15, 0.2) is 29.6 Å². The first kappa shape index (κ1) is 18.3. The predicted molar refractivity (Wildman–Crippen MR) is 77.4 cm³/mol. The molecule has 0 spiro atoms. The van der Waals surface area contributed by atoms with Crippen LogP contribution in [0, 0.1) is 5.41 Å². The summed E-state index contributed by atoms with van der Waals surface area (Å²) in [5.74, 6) is -1.51. The molecule has 22 heavy (non-hydrogen) atoms. The lowest BCUT2D eigenvalue weighted by Crippen LogP contribution is -2.55. The van der Waals surface area contributed by atoms with Gasteiger partial charge in [0.1, 0.15) is 0 Å². The fourth-order valence-electron chi connectivity index (χ4n) is 1.98. The highest BCUT2D eigenvalue weighted by atomic mass is 32.2. The molecule has 0 aliphatic carbocycles. The number of nitrogens with one attached hydrogen (secondary N) is 1. The number of carbonyl (C=O) groups is 3. The first-order chi connectivity index (χ1) is 10.2. The molecule has 0 amide bonds. The van der Waals surface area contributed by atoms with Gasteiger partial charge in [-0.1, -0.05) is 0 Å². The summed E-state index contributed by atoms with van der Waals surface area (Å²) in [6.07, 6.45) is -2.73. The molecule has 9 heteroatoms. The molecule has 1 aliphatic rings. The van der Waals surface area contributed by atoms with Crippen molar-refractivity contribution in [2.24, 2.45) is 0 Å². The van der Waals surface area contributed by atoms with E-state index in [1.807, 2.05) is 0 Å². The molecule has 0 unspecified atom stereocenters. The van der Waals surface area contributed by atoms with Gasteiger partial charge < -0.3 is 18.9 Å². The van der Waals surface area contributed by atoms with E-state index in [1.165, 1.54) is 39.5 Å². The van der Waals surface area contributed by atoms with E-state index in [-0.39, 0.29) is 11.7 Å². The summed E-state index contributed by atoms with van der Waals surface area (Å²) in [6, 6.07) is 0. The van der Waals surface area contributed by atoms with Gasteiger partial charge in [-0.25, -0.2) is 0 Å². The smallest absolute Gasteiger partial charge is 0.303 e. The maximum absolute atomic E-state index is 11.3. The van der Waals surface area contributed by atoms with E-state index < -0.39 is 41.7 Å². The third kappa shape index (κ3) is 5.55. The monoisotopic (exact) mass is 333 g/mol. The molecule has 1 heterocycles. The van der Waals surface area contributed by atoms with E-state index in [2.05, 4.69) is 0 Å². The van der Waals surface area contributed by atoms with Crippen molar-refractivity contribution in [3.8, 4) is 0 Å². The zero-order valence-corrected chi connectivity index (χ0v) is 13.6. The second-order valence-electron chi connectivity index (χ2n) is 4.67. The lowest BCUT2D eigenvalue weighted by molar-refractivity contribution is -0.187. The molecular formula is C13H19NO7S. The van der Waals surface area contributed by atoms with Crippen LogP contribution in [0.15, 0.2) is 0 Å². The topological polar surface area (TPSA) is 112 Å². The van der Waals surface area contributed by atoms with Gasteiger partial charge >= 0.3 is 17.9 Å². The van der Waals surface area contributed by atoms with E-state index in [0.717, 1.165) is 0 Å². The van der Waals surface area contributed by atoms with Gasteiger partial charge in [-0.15, -0.1) is 11.8 Å². The molecule has 1 N–H and O–H groups in total. The summed E-state index contributed by atoms with van der Waals surface area (Å²) in [5, 5.41) is 7.40. The molecule has 0 aromatic heterocycles. The van der Waals surface area contributed by atoms with Gasteiger partial charge in [0, 0.05) is 33.4 Å². The van der Waals surface area contributed by atoms with Gasteiger partial charge in [-0.2, -0.15) is 0 Å². The van der Waals surface area contributed by atoms with Crippen molar-refractivity contribution < 1.29 is 33.3 Å². The number of thioether (sulfide) groups is 1. The Morgan fingerprint density at radius 2 is 1.36 bits per heavy atom. The average Bonchev–Trinajstić information content (AvgIpc) is 2.34. The number of ether oxygens (including phenoxy) is 4. The minimum atomic E-state index is -0.990. The third-order valence-electron chi connectivity index (χ3n) is 2.60. The fraction of sp³-hybridized carbons (Fsp3) is 0.692. The first-order valence-corrected chi connectivity index (χ1v) is 7.60. The third-order valence-corrected chi connectivity index (χ3v) is 3.81. The van der Waals surface area contributed by atoms with Crippen molar-refractivity contribution in [1.82, 2.24) is 0 Å². The van der Waals surface area contributed by atoms with Crippen molar-refractivity contribution >= 4 is 35.6 Å². The Morgan fingerprint density at radius 3 is 1.82 bits per heavy atom. The maximum atomic E-state index is 11.3. The van der Waals surface area contributed by atoms with Crippen LogP contribution in [0.5, 0.6) is 0 Å². The van der Waals surface area contributed by atoms with E-state index in [9.17, 15) is 14.4 Å². The molecule has 0 bridgehead atoms. The molecule has 4 atom stereocenters. The summed E-state index contributed by atoms with van der Waals surface area (Å²) in [7, 11) is 0. The Bertz CT molecular complexity index is 425. The molecular weight excluding hydrogens is 314 g/mol. The normalized spacial score (nSPS) is 27.5. The van der Waals surface area contributed by atoms with Crippen LogP contribution in [-0.4, -0.2) is 53.3 Å². The zero-order chi connectivity index (χ0) is 16.9. The average molecular weight is 333 g/mol. The molecule has 0 aromatic carbocycles. The van der Waals surface area contributed by atoms with Crippen LogP contribution < -0.4 is 0 Å². The Kier molecular flexibility index (Phi) is 6.66. The summed E-state index contributed by atoms with van der Waals surface area (Å²) >= 11 is 1.21. The quantitative estimate of drug-likeness (QED) is 0.349. The maximum Gasteiger partial charge on any atom is 0.303 e. The number of carbonyl (C=O) groups excluding carboxylic acids is 3. The van der Waals surface area contributed by atoms with Gasteiger partial charge in [0.2, 0.25) is 0 Å². The highest BCUT2D eigenvalue weighted by molar-refractivity contribution is 7.99. The molecule has 0 radical (unpaired) electrons. The predicted octanol–water partition coefficient (Wildman–Crippen LogP) is 0.868. The molecule has 1 rings (SSSR count). The summed E-state index contributed by atoms with van der Waals surface area (Å²) in [6.45, 7) is 5.08. The van der Waals surface area contributed by atoms with Gasteiger partial charge in [0.05, 0.1) is 0 Å². The molecule has 0 aromatic rings. The standard InChI is InChI=1S/C13H19NO7S/c1-6(14)18-13-12(21-9(4)17)11(20-8(3)16)10(5-22-13)19-7(2)15/h10-14H,5H2,1-4H3/t10-,11+,12-,13+/m1/s1. The van der Waals surface area contributed by atoms with E-state index >= 15 is 0 Å². The summed E-state index contributed by atoms with van der Waals surface area (Å²) in [5.41, 5.74) is -0.724. The van der Waals surface area contributed by atoms with E-state index in [1.54, 1.807) is 0 Å². The van der Waals surface area contributed by atoms with Gasteiger partial charge in [0.25, 0.3) is 0 Å². The van der Waals surface area contributed by atoms with Crippen LogP contribution in [-0.2, 0) is 33.3 Å². The highest BCUT2D eigenvalue weighted by Gasteiger charge is 2.47. The Hall–Kier alpha value is -1.77. The fourth-order valence-corrected chi connectivity index (χ4v) is 3.23. The summed E-state index contributed by atoms with van der Waals surface area (Å²) in [4.78, 5) is 33.8. The molecule has 1 aliphatic heterocycles. The lowest BCUT2D eigenvalue weighted by atomic mass is 10.1. The molecule has 1 saturated heterocycles. The second-order valence-corrected chi connectivity index (χ2v) is 5.80. The van der Waals surface area contributed by atoms with Crippen LogP contribution in [0.25, 0.3) is 0 Å². The van der Waals surface area contributed by atoms with Gasteiger partial charge in [-0.3, -0.25) is 19.8 Å². The second kappa shape index (κ2) is 8.02. The van der Waals surface area contributed by atoms with Crippen LogP contribution in [0.4, 0.5) is 0 Å². The van der Waals surface area contributed by atoms with Crippen molar-refractivity contribution in [3.63, 3.8) is 0 Å². The van der Waals surface area contributed by atoms with Crippen molar-refractivity contribution in [2.45, 2.75) is 51.4 Å². The van der Waals surface area contributed by atoms with Crippen molar-refractivity contribution in [2.75, 3.05) is 5.75 Å². The number of esters is 3. The highest BCUT2D eigenvalue weighted by Crippen LogP contribution is 2.33. The van der Waals surface area contributed by atoms with Crippen LogP contribution in [0.3, 0.4) is 0 Å². The zero-order valence-electron chi connectivity index (χ0n) is 12.8. The minimum absolute atomic E-state index is 0.0674.